The summed E-state index contributed by atoms with van der Waals surface area (Å²) in [7, 11) is 0. The number of hydrogen-bond donors (Lipinski definition) is 1. The Labute approximate surface area is 81.9 Å². The van der Waals surface area contributed by atoms with E-state index in [-0.39, 0.29) is 11.2 Å². The Balaban J connectivity index is 3.32. The lowest BCUT2D eigenvalue weighted by Crippen LogP contribution is -2.15. The zero-order chi connectivity index (χ0) is 10.2. The van der Waals surface area contributed by atoms with Gasteiger partial charge in [0.25, 0.3) is 0 Å². The van der Waals surface area contributed by atoms with E-state index in [1.54, 1.807) is 0 Å². The lowest BCUT2D eigenvalue weighted by atomic mass is 9.91. The molecule has 0 saturated carbocycles. The molecule has 0 aliphatic carbocycles. The predicted octanol–water partition coefficient (Wildman–Crippen LogP) is 2.75. The lowest BCUT2D eigenvalue weighted by molar-refractivity contribution is 0.561. The van der Waals surface area contributed by atoms with Gasteiger partial charge in [-0.15, -0.1) is 0 Å². The molecule has 0 amide bonds. The lowest BCUT2D eigenvalue weighted by Gasteiger charge is -2.19. The quantitative estimate of drug-likeness (QED) is 0.703. The minimum Gasteiger partial charge on any atom is -0.381 e. The smallest absolute Gasteiger partial charge is 0.166 e. The Kier molecular flexibility index (Phi) is 2.48. The van der Waals surface area contributed by atoms with Gasteiger partial charge in [-0.25, -0.2) is 9.37 Å². The molecule has 1 heterocycles. The normalized spacial score (nSPS) is 11.8. The minimum atomic E-state index is -0.571. The summed E-state index contributed by atoms with van der Waals surface area (Å²) in [4.78, 5) is 3.91. The van der Waals surface area contributed by atoms with Crippen LogP contribution in [0.4, 0.5) is 10.2 Å². The van der Waals surface area contributed by atoms with E-state index in [1.807, 2.05) is 20.8 Å². The average molecular weight is 203 g/mol. The maximum absolute atomic E-state index is 12.9. The molecule has 13 heavy (non-hydrogen) atoms. The third-order valence-electron chi connectivity index (χ3n) is 1.67. The molecule has 0 spiro atoms. The van der Waals surface area contributed by atoms with Gasteiger partial charge in [-0.2, -0.15) is 0 Å². The Morgan fingerprint density at radius 3 is 2.46 bits per heavy atom. The van der Waals surface area contributed by atoms with Gasteiger partial charge < -0.3 is 5.73 Å². The predicted molar refractivity (Wildman–Crippen MR) is 52.3 cm³/mol. The van der Waals surface area contributed by atoms with Crippen molar-refractivity contribution in [3.8, 4) is 0 Å². The van der Waals surface area contributed by atoms with Crippen molar-refractivity contribution in [1.82, 2.24) is 4.98 Å². The van der Waals surface area contributed by atoms with Crippen LogP contribution >= 0.6 is 11.6 Å². The van der Waals surface area contributed by atoms with Gasteiger partial charge in [0, 0.05) is 5.41 Å². The monoisotopic (exact) mass is 202 g/mol. The number of aromatic nitrogens is 1. The molecule has 0 unspecified atom stereocenters. The Hall–Kier alpha value is -0.830. The van der Waals surface area contributed by atoms with Gasteiger partial charge in [0.1, 0.15) is 0 Å². The van der Waals surface area contributed by atoms with Crippen LogP contribution < -0.4 is 5.73 Å². The molecule has 1 aromatic rings. The molecule has 2 N–H and O–H groups in total. The van der Waals surface area contributed by atoms with Crippen LogP contribution in [0.5, 0.6) is 0 Å². The molecule has 0 saturated heterocycles. The number of hydrogen-bond acceptors (Lipinski definition) is 2. The van der Waals surface area contributed by atoms with E-state index >= 15 is 0 Å². The summed E-state index contributed by atoms with van der Waals surface area (Å²) in [6.45, 7) is 5.83. The molecule has 0 aliphatic heterocycles. The maximum Gasteiger partial charge on any atom is 0.166 e. The summed E-state index contributed by atoms with van der Waals surface area (Å²) in [5, 5.41) is 0.319. The largest absolute Gasteiger partial charge is 0.381 e. The molecular weight excluding hydrogens is 191 g/mol. The van der Waals surface area contributed by atoms with Crippen molar-refractivity contribution in [3.05, 3.63) is 22.6 Å². The molecule has 0 atom stereocenters. The number of nitrogens with two attached hydrogens (primary N) is 1. The molecule has 0 radical (unpaired) electrons. The first-order valence-corrected chi connectivity index (χ1v) is 4.32. The van der Waals surface area contributed by atoms with Gasteiger partial charge in [-0.1, -0.05) is 32.4 Å². The second kappa shape index (κ2) is 3.14. The third kappa shape index (κ3) is 2.10. The van der Waals surface area contributed by atoms with Gasteiger partial charge in [0.2, 0.25) is 0 Å². The fourth-order valence-corrected chi connectivity index (χ4v) is 1.43. The highest BCUT2D eigenvalue weighted by atomic mass is 35.5. The number of halogens is 2. The third-order valence-corrected chi connectivity index (χ3v) is 1.96. The molecule has 0 aromatic carbocycles. The van der Waals surface area contributed by atoms with Gasteiger partial charge >= 0.3 is 0 Å². The van der Waals surface area contributed by atoms with Crippen LogP contribution in [-0.4, -0.2) is 4.98 Å². The van der Waals surface area contributed by atoms with Crippen molar-refractivity contribution >= 4 is 17.4 Å². The molecule has 1 aromatic heterocycles. The Bertz CT molecular complexity index is 331. The van der Waals surface area contributed by atoms with E-state index in [1.165, 1.54) is 6.07 Å². The number of anilines is 1. The fraction of sp³-hybridized carbons (Fsp3) is 0.444. The standard InChI is InChI=1S/C9H12ClFN2/c1-9(2,3)7-5(10)4-6(11)8(12)13-7/h4H,1-3H3,(H2,12,13). The number of pyridine rings is 1. The molecule has 0 aliphatic rings. The van der Waals surface area contributed by atoms with Crippen LogP contribution in [-0.2, 0) is 5.41 Å². The van der Waals surface area contributed by atoms with Crippen LogP contribution in [0.1, 0.15) is 26.5 Å². The van der Waals surface area contributed by atoms with Gasteiger partial charge in [-0.3, -0.25) is 0 Å². The van der Waals surface area contributed by atoms with Crippen molar-refractivity contribution in [2.45, 2.75) is 26.2 Å². The zero-order valence-corrected chi connectivity index (χ0v) is 8.61. The highest BCUT2D eigenvalue weighted by Crippen LogP contribution is 2.29. The van der Waals surface area contributed by atoms with Gasteiger partial charge in [0.15, 0.2) is 11.6 Å². The molecule has 2 nitrogen and oxygen atoms in total. The van der Waals surface area contributed by atoms with Crippen molar-refractivity contribution < 1.29 is 4.39 Å². The van der Waals surface area contributed by atoms with Crippen molar-refractivity contribution in [2.24, 2.45) is 0 Å². The molecular formula is C9H12ClFN2. The van der Waals surface area contributed by atoms with Gasteiger partial charge in [0.05, 0.1) is 10.7 Å². The second-order valence-corrected chi connectivity index (χ2v) is 4.34. The van der Waals surface area contributed by atoms with E-state index < -0.39 is 5.82 Å². The first kappa shape index (κ1) is 10.3. The van der Waals surface area contributed by atoms with Crippen LogP contribution in [0.3, 0.4) is 0 Å². The highest BCUT2D eigenvalue weighted by molar-refractivity contribution is 6.31. The van der Waals surface area contributed by atoms with E-state index in [0.29, 0.717) is 10.7 Å². The van der Waals surface area contributed by atoms with Gasteiger partial charge in [-0.05, 0) is 6.07 Å². The summed E-state index contributed by atoms with van der Waals surface area (Å²) >= 11 is 5.83. The fourth-order valence-electron chi connectivity index (χ4n) is 1.01. The summed E-state index contributed by atoms with van der Waals surface area (Å²) in [5.74, 6) is -0.674. The minimum absolute atomic E-state index is 0.102. The zero-order valence-electron chi connectivity index (χ0n) is 7.86. The number of rotatable bonds is 0. The van der Waals surface area contributed by atoms with E-state index in [2.05, 4.69) is 4.98 Å². The van der Waals surface area contributed by atoms with E-state index in [4.69, 9.17) is 17.3 Å². The Morgan fingerprint density at radius 2 is 2.00 bits per heavy atom. The number of nitrogen functional groups attached to an aromatic ring is 1. The summed E-state index contributed by atoms with van der Waals surface area (Å²) in [6.07, 6.45) is 0. The number of nitrogens with zero attached hydrogens (tertiary/aromatic N) is 1. The maximum atomic E-state index is 12.9. The van der Waals surface area contributed by atoms with Crippen LogP contribution in [0.15, 0.2) is 6.07 Å². The highest BCUT2D eigenvalue weighted by Gasteiger charge is 2.20. The van der Waals surface area contributed by atoms with Crippen LogP contribution in [0.2, 0.25) is 5.02 Å². The van der Waals surface area contributed by atoms with Crippen molar-refractivity contribution in [1.29, 1.82) is 0 Å². The molecule has 72 valence electrons. The molecule has 4 heteroatoms. The summed E-state index contributed by atoms with van der Waals surface area (Å²) in [5.41, 5.74) is 5.74. The van der Waals surface area contributed by atoms with Crippen molar-refractivity contribution in [3.63, 3.8) is 0 Å². The topological polar surface area (TPSA) is 38.9 Å². The first-order chi connectivity index (χ1) is 5.82. The molecule has 0 fully saturated rings. The first-order valence-electron chi connectivity index (χ1n) is 3.94. The van der Waals surface area contributed by atoms with Crippen LogP contribution in [0.25, 0.3) is 0 Å². The SMILES string of the molecule is CC(C)(C)c1nc(N)c(F)cc1Cl. The van der Waals surface area contributed by atoms with E-state index in [0.717, 1.165) is 0 Å². The second-order valence-electron chi connectivity index (χ2n) is 3.94. The van der Waals surface area contributed by atoms with E-state index in [9.17, 15) is 4.39 Å². The summed E-state index contributed by atoms with van der Waals surface area (Å²) in [6, 6.07) is 1.20. The molecule has 0 bridgehead atoms. The van der Waals surface area contributed by atoms with Crippen LogP contribution in [0, 0.1) is 5.82 Å². The Morgan fingerprint density at radius 1 is 1.46 bits per heavy atom. The van der Waals surface area contributed by atoms with Crippen molar-refractivity contribution in [2.75, 3.05) is 5.73 Å². The average Bonchev–Trinajstić information content (AvgIpc) is 1.94. The summed E-state index contributed by atoms with van der Waals surface area (Å²) < 4.78 is 12.9. The molecule has 1 rings (SSSR count).